The van der Waals surface area contributed by atoms with E-state index in [-0.39, 0.29) is 17.2 Å². The summed E-state index contributed by atoms with van der Waals surface area (Å²) in [6.45, 7) is 0. The predicted octanol–water partition coefficient (Wildman–Crippen LogP) is 3.75. The van der Waals surface area contributed by atoms with E-state index < -0.39 is 22.0 Å². The molecule has 7 nitrogen and oxygen atoms in total. The first-order chi connectivity index (χ1) is 15.8. The van der Waals surface area contributed by atoms with E-state index in [1.165, 1.54) is 12.1 Å². The maximum absolute atomic E-state index is 13.2. The fourth-order valence-corrected chi connectivity index (χ4v) is 4.95. The molecule has 0 bridgehead atoms. The van der Waals surface area contributed by atoms with Gasteiger partial charge in [0.05, 0.1) is 4.90 Å². The van der Waals surface area contributed by atoms with E-state index in [2.05, 4.69) is 15.4 Å². The number of amides is 2. The van der Waals surface area contributed by atoms with Gasteiger partial charge in [-0.15, -0.1) is 0 Å². The second-order valence-electron chi connectivity index (χ2n) is 7.73. The van der Waals surface area contributed by atoms with Gasteiger partial charge in [0.25, 0.3) is 0 Å². The van der Waals surface area contributed by atoms with E-state index in [0.717, 1.165) is 11.1 Å². The minimum absolute atomic E-state index is 0.0368. The number of halogens is 1. The first-order valence-electron chi connectivity index (χ1n) is 10.4. The van der Waals surface area contributed by atoms with Crippen molar-refractivity contribution < 1.29 is 18.0 Å². The standard InChI is InChI=1S/C24H22ClN3O4S/c25-18-7-9-19(10-8-18)26-24(30)22(14-16-4-2-1-3-5-16)28-33(31,32)20-11-12-21-17(15-20)6-13-23(29)27-21/h1-5,7-12,15,22,28H,6,13-14H2,(H,26,30)(H,27,29)/t22-/m1/s1. The molecule has 33 heavy (non-hydrogen) atoms. The molecule has 0 saturated heterocycles. The molecular weight excluding hydrogens is 462 g/mol. The summed E-state index contributed by atoms with van der Waals surface area (Å²) in [5, 5.41) is 6.01. The summed E-state index contributed by atoms with van der Waals surface area (Å²) in [6.07, 6.45) is 0.916. The fraction of sp³-hybridized carbons (Fsp3) is 0.167. The molecule has 4 rings (SSSR count). The highest BCUT2D eigenvalue weighted by Gasteiger charge is 2.27. The lowest BCUT2D eigenvalue weighted by molar-refractivity contribution is -0.118. The Kier molecular flexibility index (Phi) is 6.78. The van der Waals surface area contributed by atoms with Gasteiger partial charge < -0.3 is 10.6 Å². The van der Waals surface area contributed by atoms with Crippen molar-refractivity contribution in [1.29, 1.82) is 0 Å². The summed E-state index contributed by atoms with van der Waals surface area (Å²) in [5.41, 5.74) is 2.66. The molecule has 1 aliphatic heterocycles. The lowest BCUT2D eigenvalue weighted by Crippen LogP contribution is -2.45. The Labute approximate surface area is 197 Å². The number of hydrogen-bond donors (Lipinski definition) is 3. The highest BCUT2D eigenvalue weighted by atomic mass is 35.5. The Morgan fingerprint density at radius 2 is 1.73 bits per heavy atom. The van der Waals surface area contributed by atoms with Crippen LogP contribution in [0.15, 0.2) is 77.7 Å². The molecule has 3 aromatic carbocycles. The lowest BCUT2D eigenvalue weighted by atomic mass is 10.0. The Morgan fingerprint density at radius 1 is 1.00 bits per heavy atom. The van der Waals surface area contributed by atoms with Crippen molar-refractivity contribution in [2.45, 2.75) is 30.2 Å². The lowest BCUT2D eigenvalue weighted by Gasteiger charge is -2.21. The van der Waals surface area contributed by atoms with Crippen molar-refractivity contribution in [3.05, 3.63) is 88.9 Å². The zero-order valence-corrected chi connectivity index (χ0v) is 19.1. The molecule has 2 amide bonds. The molecule has 1 heterocycles. The molecule has 1 aliphatic rings. The second kappa shape index (κ2) is 9.74. The van der Waals surface area contributed by atoms with Gasteiger partial charge in [-0.05, 0) is 66.4 Å². The number of aryl methyl sites for hydroxylation is 1. The molecule has 0 fully saturated rings. The smallest absolute Gasteiger partial charge is 0.242 e. The summed E-state index contributed by atoms with van der Waals surface area (Å²) < 4.78 is 28.9. The van der Waals surface area contributed by atoms with Crippen LogP contribution in [-0.4, -0.2) is 26.3 Å². The van der Waals surface area contributed by atoms with Crippen LogP contribution in [0.2, 0.25) is 5.02 Å². The van der Waals surface area contributed by atoms with Gasteiger partial charge in [-0.2, -0.15) is 4.72 Å². The van der Waals surface area contributed by atoms with Crippen molar-refractivity contribution in [2.24, 2.45) is 0 Å². The highest BCUT2D eigenvalue weighted by Crippen LogP contribution is 2.26. The molecule has 3 N–H and O–H groups in total. The quantitative estimate of drug-likeness (QED) is 0.476. The van der Waals surface area contributed by atoms with E-state index in [4.69, 9.17) is 11.6 Å². The van der Waals surface area contributed by atoms with Gasteiger partial charge in [0.1, 0.15) is 6.04 Å². The Bertz CT molecular complexity index is 1280. The largest absolute Gasteiger partial charge is 0.326 e. The number of carbonyl (C=O) groups is 2. The van der Waals surface area contributed by atoms with Crippen LogP contribution in [0.1, 0.15) is 17.5 Å². The maximum Gasteiger partial charge on any atom is 0.242 e. The van der Waals surface area contributed by atoms with Crippen LogP contribution in [0.4, 0.5) is 11.4 Å². The Balaban J connectivity index is 1.58. The van der Waals surface area contributed by atoms with Gasteiger partial charge >= 0.3 is 0 Å². The van der Waals surface area contributed by atoms with Crippen LogP contribution in [-0.2, 0) is 32.5 Å². The number of nitrogens with one attached hydrogen (secondary N) is 3. The third-order valence-corrected chi connectivity index (χ3v) is 7.01. The van der Waals surface area contributed by atoms with Crippen molar-refractivity contribution >= 4 is 44.8 Å². The highest BCUT2D eigenvalue weighted by molar-refractivity contribution is 7.89. The maximum atomic E-state index is 13.2. The summed E-state index contributed by atoms with van der Waals surface area (Å²) in [7, 11) is -4.02. The van der Waals surface area contributed by atoms with Crippen LogP contribution >= 0.6 is 11.6 Å². The zero-order chi connectivity index (χ0) is 23.4. The normalized spacial score (nSPS) is 14.2. The van der Waals surface area contributed by atoms with Crippen LogP contribution in [0.25, 0.3) is 0 Å². The zero-order valence-electron chi connectivity index (χ0n) is 17.5. The second-order valence-corrected chi connectivity index (χ2v) is 9.88. The summed E-state index contributed by atoms with van der Waals surface area (Å²) in [6, 6.07) is 19.2. The number of sulfonamides is 1. The molecule has 0 spiro atoms. The molecule has 170 valence electrons. The SMILES string of the molecule is O=C1CCc2cc(S(=O)(=O)N[C@H](Cc3ccccc3)C(=O)Nc3ccc(Cl)cc3)ccc2N1. The average molecular weight is 484 g/mol. The van der Waals surface area contributed by atoms with E-state index in [9.17, 15) is 18.0 Å². The van der Waals surface area contributed by atoms with Gasteiger partial charge in [-0.3, -0.25) is 9.59 Å². The number of anilines is 2. The molecule has 3 aromatic rings. The average Bonchev–Trinajstić information content (AvgIpc) is 2.80. The van der Waals surface area contributed by atoms with Gasteiger partial charge in [0.2, 0.25) is 21.8 Å². The van der Waals surface area contributed by atoms with Crippen molar-refractivity contribution in [3.8, 4) is 0 Å². The van der Waals surface area contributed by atoms with Gasteiger partial charge in [-0.25, -0.2) is 8.42 Å². The molecule has 1 atom stereocenters. The van der Waals surface area contributed by atoms with Crippen LogP contribution < -0.4 is 15.4 Å². The molecular formula is C24H22ClN3O4S. The van der Waals surface area contributed by atoms with Gasteiger partial charge in [-0.1, -0.05) is 41.9 Å². The molecule has 0 aliphatic carbocycles. The predicted molar refractivity (Wildman–Crippen MR) is 128 cm³/mol. The molecule has 0 saturated carbocycles. The molecule has 0 unspecified atom stereocenters. The minimum Gasteiger partial charge on any atom is -0.326 e. The first-order valence-corrected chi connectivity index (χ1v) is 12.2. The van der Waals surface area contributed by atoms with E-state index in [1.807, 2.05) is 30.3 Å². The summed E-state index contributed by atoms with van der Waals surface area (Å²) in [4.78, 5) is 24.7. The van der Waals surface area contributed by atoms with Crippen molar-refractivity contribution in [3.63, 3.8) is 0 Å². The summed E-state index contributed by atoms with van der Waals surface area (Å²) in [5.74, 6) is -0.590. The van der Waals surface area contributed by atoms with Crippen molar-refractivity contribution in [1.82, 2.24) is 4.72 Å². The van der Waals surface area contributed by atoms with Crippen LogP contribution in [0.3, 0.4) is 0 Å². The number of carbonyl (C=O) groups excluding carboxylic acids is 2. The first kappa shape index (κ1) is 23.0. The van der Waals surface area contributed by atoms with Crippen LogP contribution in [0.5, 0.6) is 0 Å². The number of hydrogen-bond acceptors (Lipinski definition) is 4. The number of benzene rings is 3. The molecule has 0 aromatic heterocycles. The van der Waals surface area contributed by atoms with Gasteiger partial charge in [0, 0.05) is 22.8 Å². The molecule has 0 radical (unpaired) electrons. The van der Waals surface area contributed by atoms with E-state index >= 15 is 0 Å². The Morgan fingerprint density at radius 3 is 2.45 bits per heavy atom. The van der Waals surface area contributed by atoms with Crippen molar-refractivity contribution in [2.75, 3.05) is 10.6 Å². The topological polar surface area (TPSA) is 104 Å². The minimum atomic E-state index is -4.02. The summed E-state index contributed by atoms with van der Waals surface area (Å²) >= 11 is 5.90. The third-order valence-electron chi connectivity index (χ3n) is 5.29. The monoisotopic (exact) mass is 483 g/mol. The van der Waals surface area contributed by atoms with E-state index in [1.54, 1.807) is 30.3 Å². The molecule has 9 heteroatoms. The van der Waals surface area contributed by atoms with Gasteiger partial charge in [0.15, 0.2) is 0 Å². The number of rotatable bonds is 7. The van der Waals surface area contributed by atoms with E-state index in [0.29, 0.717) is 29.2 Å². The Hall–Kier alpha value is -3.20. The fourth-order valence-electron chi connectivity index (χ4n) is 3.58. The van der Waals surface area contributed by atoms with Crippen LogP contribution in [0, 0.1) is 0 Å². The third kappa shape index (κ3) is 5.78. The number of fused-ring (bicyclic) bond motifs is 1.